The van der Waals surface area contributed by atoms with Crippen molar-refractivity contribution in [3.63, 3.8) is 0 Å². The van der Waals surface area contributed by atoms with E-state index in [1.165, 1.54) is 16.7 Å². The number of hydrogen-bond donors (Lipinski definition) is 1. The SMILES string of the molecule is C=CCC[C@@H](N)c1cc(C)cc(C)c1. The van der Waals surface area contributed by atoms with Gasteiger partial charge in [-0.3, -0.25) is 0 Å². The van der Waals surface area contributed by atoms with Gasteiger partial charge >= 0.3 is 0 Å². The van der Waals surface area contributed by atoms with Crippen molar-refractivity contribution in [3.8, 4) is 0 Å². The van der Waals surface area contributed by atoms with Crippen LogP contribution in [0.3, 0.4) is 0 Å². The summed E-state index contributed by atoms with van der Waals surface area (Å²) in [6.07, 6.45) is 3.88. The molecule has 0 saturated heterocycles. The van der Waals surface area contributed by atoms with Gasteiger partial charge in [-0.25, -0.2) is 0 Å². The lowest BCUT2D eigenvalue weighted by Crippen LogP contribution is -2.10. The third-order valence-corrected chi connectivity index (χ3v) is 2.35. The summed E-state index contributed by atoms with van der Waals surface area (Å²) in [5, 5.41) is 0. The number of hydrogen-bond acceptors (Lipinski definition) is 1. The van der Waals surface area contributed by atoms with Crippen LogP contribution in [0.2, 0.25) is 0 Å². The summed E-state index contributed by atoms with van der Waals surface area (Å²) in [6.45, 7) is 7.92. The Kier molecular flexibility index (Phi) is 3.90. The summed E-state index contributed by atoms with van der Waals surface area (Å²) in [7, 11) is 0. The van der Waals surface area contributed by atoms with Gasteiger partial charge in [0.15, 0.2) is 0 Å². The van der Waals surface area contributed by atoms with Crippen molar-refractivity contribution in [3.05, 3.63) is 47.5 Å². The topological polar surface area (TPSA) is 26.0 Å². The van der Waals surface area contributed by atoms with E-state index in [0.717, 1.165) is 12.8 Å². The van der Waals surface area contributed by atoms with Gasteiger partial charge in [-0.05, 0) is 32.3 Å². The Morgan fingerprint density at radius 3 is 2.36 bits per heavy atom. The number of rotatable bonds is 4. The number of benzene rings is 1. The molecule has 1 atom stereocenters. The Labute approximate surface area is 86.6 Å². The van der Waals surface area contributed by atoms with Crippen molar-refractivity contribution in [2.75, 3.05) is 0 Å². The summed E-state index contributed by atoms with van der Waals surface area (Å²) in [5.41, 5.74) is 9.88. The molecule has 0 aliphatic carbocycles. The fourth-order valence-electron chi connectivity index (χ4n) is 1.69. The summed E-state index contributed by atoms with van der Waals surface area (Å²) < 4.78 is 0. The number of allylic oxidation sites excluding steroid dienone is 1. The second-order valence-corrected chi connectivity index (χ2v) is 3.89. The molecule has 0 unspecified atom stereocenters. The summed E-state index contributed by atoms with van der Waals surface area (Å²) in [5.74, 6) is 0. The average molecular weight is 189 g/mol. The van der Waals surface area contributed by atoms with E-state index in [0.29, 0.717) is 0 Å². The van der Waals surface area contributed by atoms with E-state index >= 15 is 0 Å². The minimum Gasteiger partial charge on any atom is -0.324 e. The third-order valence-electron chi connectivity index (χ3n) is 2.35. The molecular weight excluding hydrogens is 170 g/mol. The molecule has 0 aliphatic rings. The van der Waals surface area contributed by atoms with Crippen LogP contribution in [0.5, 0.6) is 0 Å². The third kappa shape index (κ3) is 3.00. The minimum atomic E-state index is 0.145. The van der Waals surface area contributed by atoms with Crippen molar-refractivity contribution in [1.82, 2.24) is 0 Å². The lowest BCUT2D eigenvalue weighted by atomic mass is 9.99. The Morgan fingerprint density at radius 2 is 1.86 bits per heavy atom. The fraction of sp³-hybridized carbons (Fsp3) is 0.385. The molecule has 1 aromatic carbocycles. The molecular formula is C13H19N. The van der Waals surface area contributed by atoms with E-state index in [-0.39, 0.29) is 6.04 Å². The van der Waals surface area contributed by atoms with E-state index in [2.05, 4.69) is 38.6 Å². The lowest BCUT2D eigenvalue weighted by Gasteiger charge is -2.12. The molecule has 1 rings (SSSR count). The summed E-state index contributed by atoms with van der Waals surface area (Å²) in [4.78, 5) is 0. The molecule has 1 nitrogen and oxygen atoms in total. The van der Waals surface area contributed by atoms with E-state index in [1.54, 1.807) is 0 Å². The summed E-state index contributed by atoms with van der Waals surface area (Å²) >= 11 is 0. The number of aryl methyl sites for hydroxylation is 2. The van der Waals surface area contributed by atoms with Gasteiger partial charge in [0.05, 0.1) is 0 Å². The van der Waals surface area contributed by atoms with Crippen molar-refractivity contribution >= 4 is 0 Å². The highest BCUT2D eigenvalue weighted by Crippen LogP contribution is 2.18. The Morgan fingerprint density at radius 1 is 1.29 bits per heavy atom. The standard InChI is InChI=1S/C13H19N/c1-4-5-6-13(14)12-8-10(2)7-11(3)9-12/h4,7-9,13H,1,5-6,14H2,2-3H3/t13-/m1/s1. The number of nitrogens with two attached hydrogens (primary N) is 1. The van der Waals surface area contributed by atoms with Gasteiger partial charge in [-0.2, -0.15) is 0 Å². The molecule has 76 valence electrons. The van der Waals surface area contributed by atoms with E-state index in [1.807, 2.05) is 6.08 Å². The molecule has 1 aromatic rings. The first-order chi connectivity index (χ1) is 6.63. The molecule has 0 bridgehead atoms. The van der Waals surface area contributed by atoms with Crippen LogP contribution in [-0.2, 0) is 0 Å². The van der Waals surface area contributed by atoms with Gasteiger partial charge in [0.2, 0.25) is 0 Å². The average Bonchev–Trinajstić information content (AvgIpc) is 2.12. The molecule has 2 N–H and O–H groups in total. The van der Waals surface area contributed by atoms with Crippen LogP contribution in [0.4, 0.5) is 0 Å². The normalized spacial score (nSPS) is 12.5. The maximum atomic E-state index is 6.07. The molecule has 0 aromatic heterocycles. The molecule has 0 amide bonds. The van der Waals surface area contributed by atoms with Gasteiger partial charge in [0.1, 0.15) is 0 Å². The van der Waals surface area contributed by atoms with Crippen LogP contribution in [-0.4, -0.2) is 0 Å². The predicted molar refractivity (Wildman–Crippen MR) is 62.3 cm³/mol. The minimum absolute atomic E-state index is 0.145. The highest BCUT2D eigenvalue weighted by Gasteiger charge is 2.05. The Bertz CT molecular complexity index is 295. The first-order valence-electron chi connectivity index (χ1n) is 5.08. The highest BCUT2D eigenvalue weighted by atomic mass is 14.6. The zero-order valence-electron chi connectivity index (χ0n) is 9.09. The quantitative estimate of drug-likeness (QED) is 0.723. The Balaban J connectivity index is 2.78. The molecule has 0 radical (unpaired) electrons. The van der Waals surface area contributed by atoms with Crippen LogP contribution in [0, 0.1) is 13.8 Å². The van der Waals surface area contributed by atoms with Crippen LogP contribution >= 0.6 is 0 Å². The molecule has 0 heterocycles. The predicted octanol–water partition coefficient (Wildman–Crippen LogP) is 3.27. The molecule has 1 heteroatoms. The maximum Gasteiger partial charge on any atom is 0.0297 e. The summed E-state index contributed by atoms with van der Waals surface area (Å²) in [6, 6.07) is 6.65. The first-order valence-corrected chi connectivity index (χ1v) is 5.08. The Hall–Kier alpha value is -1.08. The van der Waals surface area contributed by atoms with Crippen molar-refractivity contribution in [2.24, 2.45) is 5.73 Å². The van der Waals surface area contributed by atoms with Gasteiger partial charge in [-0.15, -0.1) is 6.58 Å². The molecule has 0 aliphatic heterocycles. The fourth-order valence-corrected chi connectivity index (χ4v) is 1.69. The lowest BCUT2D eigenvalue weighted by molar-refractivity contribution is 0.660. The van der Waals surface area contributed by atoms with Gasteiger partial charge in [0.25, 0.3) is 0 Å². The van der Waals surface area contributed by atoms with Gasteiger partial charge < -0.3 is 5.73 Å². The van der Waals surface area contributed by atoms with Gasteiger partial charge in [-0.1, -0.05) is 35.4 Å². The van der Waals surface area contributed by atoms with Crippen LogP contribution in [0.15, 0.2) is 30.9 Å². The van der Waals surface area contributed by atoms with E-state index < -0.39 is 0 Å². The zero-order valence-corrected chi connectivity index (χ0v) is 9.09. The van der Waals surface area contributed by atoms with Crippen LogP contribution in [0.1, 0.15) is 35.6 Å². The second kappa shape index (κ2) is 4.97. The van der Waals surface area contributed by atoms with E-state index in [4.69, 9.17) is 5.73 Å². The van der Waals surface area contributed by atoms with Crippen LogP contribution < -0.4 is 5.73 Å². The second-order valence-electron chi connectivity index (χ2n) is 3.89. The van der Waals surface area contributed by atoms with Crippen molar-refractivity contribution in [2.45, 2.75) is 32.7 Å². The van der Waals surface area contributed by atoms with E-state index in [9.17, 15) is 0 Å². The molecule has 14 heavy (non-hydrogen) atoms. The molecule has 0 spiro atoms. The first kappa shape index (κ1) is 11.0. The maximum absolute atomic E-state index is 6.07. The van der Waals surface area contributed by atoms with Crippen LogP contribution in [0.25, 0.3) is 0 Å². The highest BCUT2D eigenvalue weighted by molar-refractivity contribution is 5.30. The molecule has 0 fully saturated rings. The smallest absolute Gasteiger partial charge is 0.0297 e. The monoisotopic (exact) mass is 189 g/mol. The zero-order chi connectivity index (χ0) is 10.6. The molecule has 0 saturated carbocycles. The largest absolute Gasteiger partial charge is 0.324 e. The van der Waals surface area contributed by atoms with Crippen molar-refractivity contribution < 1.29 is 0 Å². The van der Waals surface area contributed by atoms with Crippen molar-refractivity contribution in [1.29, 1.82) is 0 Å². The van der Waals surface area contributed by atoms with Gasteiger partial charge in [0, 0.05) is 6.04 Å².